The highest BCUT2D eigenvalue weighted by molar-refractivity contribution is 7.86. The second kappa shape index (κ2) is 5.99. The van der Waals surface area contributed by atoms with Crippen LogP contribution in [0.4, 0.5) is 0 Å². The predicted molar refractivity (Wildman–Crippen MR) is 71.4 cm³/mol. The van der Waals surface area contributed by atoms with Gasteiger partial charge in [-0.1, -0.05) is 12.1 Å². The largest absolute Gasteiger partial charge is 0.463 e. The molecule has 0 saturated heterocycles. The van der Waals surface area contributed by atoms with E-state index in [1.807, 2.05) is 0 Å². The van der Waals surface area contributed by atoms with Crippen LogP contribution in [0.5, 0.6) is 0 Å². The van der Waals surface area contributed by atoms with Gasteiger partial charge in [-0.05, 0) is 43.5 Å². The minimum Gasteiger partial charge on any atom is -0.463 e. The van der Waals surface area contributed by atoms with E-state index in [1.165, 1.54) is 6.08 Å². The molecule has 1 N–H and O–H groups in total. The lowest BCUT2D eigenvalue weighted by molar-refractivity contribution is -0.137. The maximum absolute atomic E-state index is 11.4. The van der Waals surface area contributed by atoms with Gasteiger partial charge in [0.1, 0.15) is 4.90 Å². The van der Waals surface area contributed by atoms with Crippen molar-refractivity contribution in [1.29, 1.82) is 0 Å². The van der Waals surface area contributed by atoms with E-state index in [-0.39, 0.29) is 17.1 Å². The summed E-state index contributed by atoms with van der Waals surface area (Å²) >= 11 is 0. The quantitative estimate of drug-likeness (QED) is 0.520. The van der Waals surface area contributed by atoms with Gasteiger partial charge < -0.3 is 4.74 Å². The molecule has 0 saturated carbocycles. The molecule has 0 spiro atoms. The van der Waals surface area contributed by atoms with Crippen molar-refractivity contribution in [1.82, 2.24) is 0 Å². The van der Waals surface area contributed by atoms with E-state index < -0.39 is 16.1 Å². The van der Waals surface area contributed by atoms with E-state index in [2.05, 4.69) is 0 Å². The minimum absolute atomic E-state index is 0.187. The van der Waals surface area contributed by atoms with E-state index in [0.717, 1.165) is 6.08 Å². The van der Waals surface area contributed by atoms with Gasteiger partial charge in [0.25, 0.3) is 10.1 Å². The molecule has 0 aliphatic carbocycles. The molecule has 0 heterocycles. The van der Waals surface area contributed by atoms with E-state index in [1.54, 1.807) is 32.9 Å². The van der Waals surface area contributed by atoms with Crippen LogP contribution < -0.4 is 0 Å². The molecule has 1 aromatic rings. The predicted octanol–water partition coefficient (Wildman–Crippen LogP) is 2.13. The Kier molecular flexibility index (Phi) is 4.85. The summed E-state index contributed by atoms with van der Waals surface area (Å²) in [5, 5.41) is 0. The van der Waals surface area contributed by atoms with Crippen LogP contribution in [0.2, 0.25) is 0 Å². The van der Waals surface area contributed by atoms with Gasteiger partial charge in [0.2, 0.25) is 0 Å². The molecule has 5 nitrogen and oxygen atoms in total. The van der Waals surface area contributed by atoms with Gasteiger partial charge in [-0.15, -0.1) is 0 Å². The summed E-state index contributed by atoms with van der Waals surface area (Å²) < 4.78 is 36.8. The Morgan fingerprint density at radius 3 is 2.42 bits per heavy atom. The fourth-order valence-electron chi connectivity index (χ4n) is 1.70. The number of benzene rings is 1. The Balaban J connectivity index is 3.35. The second-order valence-corrected chi connectivity index (χ2v) is 5.36. The minimum atomic E-state index is -4.35. The Morgan fingerprint density at radius 2 is 1.89 bits per heavy atom. The molecule has 0 aliphatic heterocycles. The van der Waals surface area contributed by atoms with Crippen molar-refractivity contribution in [3.05, 3.63) is 34.9 Å². The van der Waals surface area contributed by atoms with Gasteiger partial charge in [0, 0.05) is 6.08 Å². The standard InChI is InChI=1S/C13H16O5S/c1-4-18-12(14)8-7-11-9(2)5-6-10(3)13(11)19(15,16)17/h5-8H,4H2,1-3H3,(H,15,16,17)/b8-7+. The molecular formula is C13H16O5S. The van der Waals surface area contributed by atoms with Gasteiger partial charge in [0.15, 0.2) is 0 Å². The normalized spacial score (nSPS) is 11.8. The summed E-state index contributed by atoms with van der Waals surface area (Å²) in [5.74, 6) is -0.565. The van der Waals surface area contributed by atoms with Crippen molar-refractivity contribution in [2.75, 3.05) is 6.61 Å². The number of hydrogen-bond donors (Lipinski definition) is 1. The Bertz CT molecular complexity index is 614. The molecular weight excluding hydrogens is 268 g/mol. The number of rotatable bonds is 4. The van der Waals surface area contributed by atoms with Gasteiger partial charge >= 0.3 is 5.97 Å². The van der Waals surface area contributed by atoms with Crippen LogP contribution in [-0.4, -0.2) is 25.5 Å². The molecule has 104 valence electrons. The third-order valence-corrected chi connectivity index (χ3v) is 3.60. The monoisotopic (exact) mass is 284 g/mol. The average molecular weight is 284 g/mol. The number of aryl methyl sites for hydroxylation is 2. The van der Waals surface area contributed by atoms with Crippen molar-refractivity contribution >= 4 is 22.2 Å². The van der Waals surface area contributed by atoms with Crippen LogP contribution in [0.3, 0.4) is 0 Å². The van der Waals surface area contributed by atoms with Gasteiger partial charge in [-0.25, -0.2) is 4.79 Å². The summed E-state index contributed by atoms with van der Waals surface area (Å²) in [6.45, 7) is 5.18. The molecule has 0 radical (unpaired) electrons. The van der Waals surface area contributed by atoms with E-state index in [4.69, 9.17) is 4.74 Å². The number of carbonyl (C=O) groups is 1. The molecule has 6 heteroatoms. The molecule has 0 bridgehead atoms. The summed E-state index contributed by atoms with van der Waals surface area (Å²) in [5.41, 5.74) is 1.34. The Labute approximate surface area is 112 Å². The van der Waals surface area contributed by atoms with Crippen molar-refractivity contribution in [3.63, 3.8) is 0 Å². The Hall–Kier alpha value is -1.66. The van der Waals surface area contributed by atoms with Gasteiger partial charge in [-0.3, -0.25) is 4.55 Å². The lowest BCUT2D eigenvalue weighted by Crippen LogP contribution is -2.06. The first-order valence-electron chi connectivity index (χ1n) is 5.70. The lowest BCUT2D eigenvalue weighted by Gasteiger charge is -2.09. The number of carbonyl (C=O) groups excluding carboxylic acids is 1. The maximum Gasteiger partial charge on any atom is 0.330 e. The van der Waals surface area contributed by atoms with Crippen molar-refractivity contribution in [2.24, 2.45) is 0 Å². The molecule has 19 heavy (non-hydrogen) atoms. The lowest BCUT2D eigenvalue weighted by atomic mass is 10.0. The zero-order chi connectivity index (χ0) is 14.6. The molecule has 1 aromatic carbocycles. The van der Waals surface area contributed by atoms with Crippen LogP contribution in [-0.2, 0) is 19.6 Å². The summed E-state index contributed by atoms with van der Waals surface area (Å²) in [6.07, 6.45) is 2.48. The topological polar surface area (TPSA) is 80.7 Å². The first-order valence-corrected chi connectivity index (χ1v) is 7.14. The van der Waals surface area contributed by atoms with E-state index in [0.29, 0.717) is 11.1 Å². The van der Waals surface area contributed by atoms with Crippen molar-refractivity contribution in [3.8, 4) is 0 Å². The third-order valence-electron chi connectivity index (χ3n) is 2.54. The van der Waals surface area contributed by atoms with Crippen molar-refractivity contribution < 1.29 is 22.5 Å². The first kappa shape index (κ1) is 15.4. The molecule has 1 rings (SSSR count). The summed E-state index contributed by atoms with van der Waals surface area (Å²) in [6, 6.07) is 3.31. The maximum atomic E-state index is 11.4. The summed E-state index contributed by atoms with van der Waals surface area (Å²) in [4.78, 5) is 11.1. The van der Waals surface area contributed by atoms with Crippen LogP contribution in [0.1, 0.15) is 23.6 Å². The smallest absolute Gasteiger partial charge is 0.330 e. The third kappa shape index (κ3) is 3.90. The van der Waals surface area contributed by atoms with Crippen LogP contribution in [0.25, 0.3) is 6.08 Å². The molecule has 0 unspecified atom stereocenters. The molecule has 0 fully saturated rings. The fourth-order valence-corrected chi connectivity index (χ4v) is 2.68. The molecule has 0 aromatic heterocycles. The fraction of sp³-hybridized carbons (Fsp3) is 0.308. The zero-order valence-corrected chi connectivity index (χ0v) is 11.8. The second-order valence-electron chi connectivity index (χ2n) is 4.00. The molecule has 0 amide bonds. The van der Waals surface area contributed by atoms with Gasteiger partial charge in [-0.2, -0.15) is 8.42 Å². The molecule has 0 aliphatic rings. The number of esters is 1. The van der Waals surface area contributed by atoms with E-state index >= 15 is 0 Å². The van der Waals surface area contributed by atoms with Gasteiger partial charge in [0.05, 0.1) is 6.61 Å². The Morgan fingerprint density at radius 1 is 1.32 bits per heavy atom. The van der Waals surface area contributed by atoms with E-state index in [9.17, 15) is 17.8 Å². The first-order chi connectivity index (χ1) is 8.77. The highest BCUT2D eigenvalue weighted by Gasteiger charge is 2.18. The molecule has 0 atom stereocenters. The highest BCUT2D eigenvalue weighted by atomic mass is 32.2. The van der Waals surface area contributed by atoms with Crippen LogP contribution >= 0.6 is 0 Å². The zero-order valence-electron chi connectivity index (χ0n) is 11.0. The summed E-state index contributed by atoms with van der Waals surface area (Å²) in [7, 11) is -4.35. The average Bonchev–Trinajstić information content (AvgIpc) is 2.28. The SMILES string of the molecule is CCOC(=O)/C=C/c1c(C)ccc(C)c1S(=O)(=O)O. The highest BCUT2D eigenvalue weighted by Crippen LogP contribution is 2.24. The van der Waals surface area contributed by atoms with Crippen LogP contribution in [0, 0.1) is 13.8 Å². The van der Waals surface area contributed by atoms with Crippen molar-refractivity contribution in [2.45, 2.75) is 25.7 Å². The number of ether oxygens (including phenoxy) is 1. The number of hydrogen-bond acceptors (Lipinski definition) is 4. The van der Waals surface area contributed by atoms with Crippen LogP contribution in [0.15, 0.2) is 23.1 Å².